The molecule has 2 N–H and O–H groups in total. The number of hydrogen-bond donors (Lipinski definition) is 2. The zero-order valence-corrected chi connectivity index (χ0v) is 15.5. The largest absolute Gasteiger partial charge is 0.451 e. The third kappa shape index (κ3) is 11.6. The van der Waals surface area contributed by atoms with E-state index in [1.807, 2.05) is 0 Å². The third-order valence-electron chi connectivity index (χ3n) is 4.12. The van der Waals surface area contributed by atoms with Crippen LogP contribution in [-0.2, 0) is 14.3 Å². The number of ether oxygens (including phenoxy) is 1. The van der Waals surface area contributed by atoms with Crippen molar-refractivity contribution in [1.82, 2.24) is 0 Å². The van der Waals surface area contributed by atoms with Gasteiger partial charge in [0, 0.05) is 12.8 Å². The van der Waals surface area contributed by atoms with Gasteiger partial charge in [-0.2, -0.15) is 0 Å². The van der Waals surface area contributed by atoms with E-state index < -0.39 is 24.8 Å². The lowest BCUT2D eigenvalue weighted by molar-refractivity contribution is -0.163. The van der Waals surface area contributed by atoms with Gasteiger partial charge < -0.3 is 14.9 Å². The summed E-state index contributed by atoms with van der Waals surface area (Å²) in [5.74, 6) is -0.768. The van der Waals surface area contributed by atoms with E-state index in [0.29, 0.717) is 0 Å². The number of aliphatic hydroxyl groups is 2. The summed E-state index contributed by atoms with van der Waals surface area (Å²) in [5, 5.41) is 18.9. The van der Waals surface area contributed by atoms with Gasteiger partial charge in [0.1, 0.15) is 6.10 Å². The zero-order chi connectivity index (χ0) is 18.2. The number of carbonyl (C=O) groups excluding carboxylic acids is 2. The number of ketones is 1. The average molecular weight is 344 g/mol. The molecule has 0 rings (SSSR count). The van der Waals surface area contributed by atoms with Crippen molar-refractivity contribution in [2.75, 3.05) is 6.61 Å². The summed E-state index contributed by atoms with van der Waals surface area (Å²) in [6.45, 7) is 3.67. The number of carbonyl (C=O) groups is 2. The molecule has 0 aliphatic rings. The predicted octanol–water partition coefficient (Wildman–Crippen LogP) is 3.54. The highest BCUT2D eigenvalue weighted by molar-refractivity contribution is 5.86. The van der Waals surface area contributed by atoms with Crippen molar-refractivity contribution in [1.29, 1.82) is 0 Å². The monoisotopic (exact) mass is 344 g/mol. The van der Waals surface area contributed by atoms with Gasteiger partial charge in [-0.1, -0.05) is 65.2 Å². The molecule has 0 aromatic heterocycles. The molecule has 5 nitrogen and oxygen atoms in total. The molecular weight excluding hydrogens is 308 g/mol. The van der Waals surface area contributed by atoms with Crippen LogP contribution in [0.1, 0.15) is 90.9 Å². The maximum atomic E-state index is 12.2. The number of unbranched alkanes of at least 4 members (excludes halogenated alkanes) is 8. The molecule has 0 aromatic rings. The summed E-state index contributed by atoms with van der Waals surface area (Å²) in [4.78, 5) is 24.0. The van der Waals surface area contributed by atoms with Crippen LogP contribution in [0.3, 0.4) is 0 Å². The second-order valence-electron chi connectivity index (χ2n) is 6.46. The fraction of sp³-hybridized carbons (Fsp3) is 0.895. The highest BCUT2D eigenvalue weighted by atomic mass is 16.6. The molecule has 0 aromatic carbocycles. The zero-order valence-electron chi connectivity index (χ0n) is 15.5. The van der Waals surface area contributed by atoms with E-state index in [-0.39, 0.29) is 18.6 Å². The quantitative estimate of drug-likeness (QED) is 0.330. The van der Waals surface area contributed by atoms with Crippen molar-refractivity contribution in [2.45, 2.75) is 103 Å². The molecule has 0 aliphatic carbocycles. The molecule has 0 heterocycles. The van der Waals surface area contributed by atoms with Crippen molar-refractivity contribution >= 4 is 11.8 Å². The van der Waals surface area contributed by atoms with E-state index in [4.69, 9.17) is 9.84 Å². The van der Waals surface area contributed by atoms with Crippen LogP contribution < -0.4 is 0 Å². The Hall–Kier alpha value is -0.940. The Morgan fingerprint density at radius 2 is 1.33 bits per heavy atom. The maximum Gasteiger partial charge on any atom is 0.306 e. The maximum absolute atomic E-state index is 12.2. The van der Waals surface area contributed by atoms with Gasteiger partial charge in [0.2, 0.25) is 0 Å². The minimum absolute atomic E-state index is 0.252. The first-order valence-corrected chi connectivity index (χ1v) is 9.57. The first-order chi connectivity index (χ1) is 11.6. The second kappa shape index (κ2) is 15.6. The van der Waals surface area contributed by atoms with Gasteiger partial charge in [-0.05, 0) is 12.8 Å². The van der Waals surface area contributed by atoms with Crippen molar-refractivity contribution in [2.24, 2.45) is 0 Å². The van der Waals surface area contributed by atoms with Gasteiger partial charge in [-0.3, -0.25) is 9.59 Å². The molecule has 0 bridgehead atoms. The fourth-order valence-corrected chi connectivity index (χ4v) is 2.57. The third-order valence-corrected chi connectivity index (χ3v) is 4.12. The van der Waals surface area contributed by atoms with Crippen LogP contribution in [0.5, 0.6) is 0 Å². The lowest BCUT2D eigenvalue weighted by atomic mass is 10.0. The summed E-state index contributed by atoms with van der Waals surface area (Å²) in [7, 11) is 0. The second-order valence-corrected chi connectivity index (χ2v) is 6.46. The van der Waals surface area contributed by atoms with Crippen molar-refractivity contribution in [3.63, 3.8) is 0 Å². The molecule has 0 fully saturated rings. The molecule has 0 saturated carbocycles. The lowest BCUT2D eigenvalue weighted by Gasteiger charge is -2.20. The molecule has 0 aliphatic heterocycles. The SMILES string of the molecule is CCCCCCCC(=O)OC(C(=O)CCCCCCC)C(O)CO. The summed E-state index contributed by atoms with van der Waals surface area (Å²) in [6.07, 6.45) is 8.05. The number of hydrogen-bond acceptors (Lipinski definition) is 5. The smallest absolute Gasteiger partial charge is 0.306 e. The van der Waals surface area contributed by atoms with Crippen LogP contribution in [0.4, 0.5) is 0 Å². The van der Waals surface area contributed by atoms with E-state index in [2.05, 4.69) is 13.8 Å². The topological polar surface area (TPSA) is 83.8 Å². The molecule has 142 valence electrons. The lowest BCUT2D eigenvalue weighted by Crippen LogP contribution is -2.40. The van der Waals surface area contributed by atoms with Crippen LogP contribution in [0.2, 0.25) is 0 Å². The predicted molar refractivity (Wildman–Crippen MR) is 94.7 cm³/mol. The molecule has 0 saturated heterocycles. The molecule has 0 amide bonds. The van der Waals surface area contributed by atoms with Gasteiger partial charge in [0.05, 0.1) is 6.61 Å². The molecule has 2 unspecified atom stereocenters. The van der Waals surface area contributed by atoms with Gasteiger partial charge in [-0.15, -0.1) is 0 Å². The first kappa shape index (κ1) is 23.1. The fourth-order valence-electron chi connectivity index (χ4n) is 2.57. The van der Waals surface area contributed by atoms with Crippen molar-refractivity contribution in [3.8, 4) is 0 Å². The van der Waals surface area contributed by atoms with Gasteiger partial charge >= 0.3 is 5.97 Å². The minimum atomic E-state index is -1.34. The van der Waals surface area contributed by atoms with Crippen LogP contribution in [0.25, 0.3) is 0 Å². The van der Waals surface area contributed by atoms with E-state index in [1.54, 1.807) is 0 Å². The minimum Gasteiger partial charge on any atom is -0.451 e. The molecule has 0 radical (unpaired) electrons. The highest BCUT2D eigenvalue weighted by Gasteiger charge is 2.29. The number of esters is 1. The molecule has 24 heavy (non-hydrogen) atoms. The van der Waals surface area contributed by atoms with E-state index in [9.17, 15) is 14.7 Å². The standard InChI is InChI=1S/C19H36O5/c1-3-5-7-9-11-13-16(21)19(17(22)15-20)24-18(23)14-12-10-8-6-4-2/h17,19-20,22H,3-15H2,1-2H3. The van der Waals surface area contributed by atoms with Gasteiger partial charge in [-0.25, -0.2) is 0 Å². The number of aliphatic hydroxyl groups excluding tert-OH is 2. The molecule has 0 spiro atoms. The molecule has 2 atom stereocenters. The van der Waals surface area contributed by atoms with Crippen molar-refractivity contribution in [3.05, 3.63) is 0 Å². The Bertz CT molecular complexity index is 330. The summed E-state index contributed by atoms with van der Waals surface area (Å²) < 4.78 is 5.15. The number of Topliss-reactive ketones (excluding diaryl/α,β-unsaturated/α-hetero) is 1. The van der Waals surface area contributed by atoms with Crippen molar-refractivity contribution < 1.29 is 24.5 Å². The average Bonchev–Trinajstić information content (AvgIpc) is 2.58. The summed E-state index contributed by atoms with van der Waals surface area (Å²) in [5.41, 5.74) is 0. The number of rotatable bonds is 16. The van der Waals surface area contributed by atoms with Crippen LogP contribution in [-0.4, -0.2) is 40.8 Å². The van der Waals surface area contributed by atoms with Crippen LogP contribution >= 0.6 is 0 Å². The van der Waals surface area contributed by atoms with Gasteiger partial charge in [0.15, 0.2) is 11.9 Å². The Morgan fingerprint density at radius 1 is 0.833 bits per heavy atom. The summed E-state index contributed by atoms with van der Waals surface area (Å²) >= 11 is 0. The summed E-state index contributed by atoms with van der Waals surface area (Å²) in [6, 6.07) is 0. The van der Waals surface area contributed by atoms with E-state index in [0.717, 1.165) is 64.2 Å². The Morgan fingerprint density at radius 3 is 1.83 bits per heavy atom. The van der Waals surface area contributed by atoms with Crippen LogP contribution in [0, 0.1) is 0 Å². The molecular formula is C19H36O5. The highest BCUT2D eigenvalue weighted by Crippen LogP contribution is 2.12. The molecule has 5 heteroatoms. The van der Waals surface area contributed by atoms with Crippen LogP contribution in [0.15, 0.2) is 0 Å². The van der Waals surface area contributed by atoms with E-state index in [1.165, 1.54) is 0 Å². The Labute approximate surface area is 146 Å². The van der Waals surface area contributed by atoms with E-state index >= 15 is 0 Å². The van der Waals surface area contributed by atoms with Gasteiger partial charge in [0.25, 0.3) is 0 Å². The normalized spacial score (nSPS) is 13.5. The Kier molecular flexibility index (Phi) is 15.0. The first-order valence-electron chi connectivity index (χ1n) is 9.57. The Balaban J connectivity index is 4.19.